The molecule has 0 saturated carbocycles. The molecule has 2 heterocycles. The molecule has 2 aromatic rings. The lowest BCUT2D eigenvalue weighted by molar-refractivity contribution is 0.283. The molecule has 10 heteroatoms. The molecule has 0 amide bonds. The lowest BCUT2D eigenvalue weighted by atomic mass is 10.2. The molecule has 5 N–H and O–H groups in total. The SMILES string of the molecule is NNc1nc(NCCCCCCO)nc(-n2cncn2)n1. The molecule has 0 aromatic carbocycles. The summed E-state index contributed by atoms with van der Waals surface area (Å²) in [6.45, 7) is 0.976. The number of rotatable bonds is 9. The number of nitrogens with one attached hydrogen (secondary N) is 2. The molecule has 10 nitrogen and oxygen atoms in total. The summed E-state index contributed by atoms with van der Waals surface area (Å²) in [5, 5.41) is 15.8. The molecule has 0 aliphatic carbocycles. The molecule has 0 aliphatic rings. The van der Waals surface area contributed by atoms with Gasteiger partial charge in [0.1, 0.15) is 12.7 Å². The second-order valence-corrected chi connectivity index (χ2v) is 4.33. The number of aliphatic hydroxyl groups is 1. The molecule has 114 valence electrons. The first kappa shape index (κ1) is 15.1. The van der Waals surface area contributed by atoms with Gasteiger partial charge in [0.25, 0.3) is 5.95 Å². The Labute approximate surface area is 121 Å². The van der Waals surface area contributed by atoms with Crippen LogP contribution in [-0.4, -0.2) is 48.0 Å². The van der Waals surface area contributed by atoms with Crippen molar-refractivity contribution in [2.75, 3.05) is 23.9 Å². The van der Waals surface area contributed by atoms with Gasteiger partial charge in [-0.25, -0.2) is 10.8 Å². The number of hydrazine groups is 1. The van der Waals surface area contributed by atoms with Crippen LogP contribution in [0, 0.1) is 0 Å². The highest BCUT2D eigenvalue weighted by atomic mass is 16.2. The molecule has 0 fully saturated rings. The third-order valence-electron chi connectivity index (χ3n) is 2.74. The van der Waals surface area contributed by atoms with Crippen LogP contribution in [0.15, 0.2) is 12.7 Å². The fraction of sp³-hybridized carbons (Fsp3) is 0.545. The van der Waals surface area contributed by atoms with Crippen LogP contribution in [-0.2, 0) is 0 Å². The van der Waals surface area contributed by atoms with E-state index in [1.165, 1.54) is 17.3 Å². The maximum absolute atomic E-state index is 8.70. The molecule has 0 unspecified atom stereocenters. The zero-order valence-electron chi connectivity index (χ0n) is 11.6. The van der Waals surface area contributed by atoms with Crippen LogP contribution in [0.25, 0.3) is 5.95 Å². The Morgan fingerprint density at radius 1 is 1.10 bits per heavy atom. The van der Waals surface area contributed by atoms with Crippen LogP contribution < -0.4 is 16.6 Å². The van der Waals surface area contributed by atoms with Gasteiger partial charge in [0, 0.05) is 13.2 Å². The third-order valence-corrected chi connectivity index (χ3v) is 2.74. The van der Waals surface area contributed by atoms with Crippen molar-refractivity contribution in [2.24, 2.45) is 5.84 Å². The molecular weight excluding hydrogens is 274 g/mol. The predicted octanol–water partition coefficient (Wildman–Crippen LogP) is -0.298. The molecule has 0 aliphatic heterocycles. The van der Waals surface area contributed by atoms with E-state index in [0.29, 0.717) is 11.9 Å². The minimum absolute atomic E-state index is 0.244. The Bertz CT molecular complexity index is 530. The number of hydrogen-bond donors (Lipinski definition) is 4. The quantitative estimate of drug-likeness (QED) is 0.278. The van der Waals surface area contributed by atoms with Gasteiger partial charge >= 0.3 is 0 Å². The van der Waals surface area contributed by atoms with Crippen LogP contribution in [0.3, 0.4) is 0 Å². The average molecular weight is 293 g/mol. The number of unbranched alkanes of at least 4 members (excludes halogenated alkanes) is 3. The molecule has 0 radical (unpaired) electrons. The zero-order valence-corrected chi connectivity index (χ0v) is 11.6. The van der Waals surface area contributed by atoms with Gasteiger partial charge in [-0.05, 0) is 12.8 Å². The van der Waals surface area contributed by atoms with E-state index >= 15 is 0 Å². The highest BCUT2D eigenvalue weighted by molar-refractivity contribution is 5.36. The van der Waals surface area contributed by atoms with Crippen molar-refractivity contribution in [3.63, 3.8) is 0 Å². The van der Waals surface area contributed by atoms with E-state index in [2.05, 4.69) is 35.8 Å². The topological polar surface area (TPSA) is 140 Å². The molecule has 0 spiro atoms. The number of aromatic nitrogens is 6. The van der Waals surface area contributed by atoms with Crippen LogP contribution in [0.1, 0.15) is 25.7 Å². The summed E-state index contributed by atoms with van der Waals surface area (Å²) in [5.41, 5.74) is 2.40. The highest BCUT2D eigenvalue weighted by Crippen LogP contribution is 2.08. The summed E-state index contributed by atoms with van der Waals surface area (Å²) in [6.07, 6.45) is 6.74. The van der Waals surface area contributed by atoms with Gasteiger partial charge in [0.15, 0.2) is 0 Å². The molecule has 2 rings (SSSR count). The van der Waals surface area contributed by atoms with Gasteiger partial charge in [-0.1, -0.05) is 12.8 Å². The van der Waals surface area contributed by atoms with Crippen molar-refractivity contribution in [3.8, 4) is 5.95 Å². The summed E-state index contributed by atoms with van der Waals surface area (Å²) < 4.78 is 1.43. The summed E-state index contributed by atoms with van der Waals surface area (Å²) in [7, 11) is 0. The van der Waals surface area contributed by atoms with E-state index in [4.69, 9.17) is 10.9 Å². The normalized spacial score (nSPS) is 10.6. The molecular formula is C11H19N9O. The molecule has 0 saturated heterocycles. The Balaban J connectivity index is 1.94. The zero-order chi connectivity index (χ0) is 14.9. The summed E-state index contributed by atoms with van der Waals surface area (Å²) in [5.74, 6) is 6.35. The second-order valence-electron chi connectivity index (χ2n) is 4.33. The van der Waals surface area contributed by atoms with Crippen LogP contribution in [0.2, 0.25) is 0 Å². The standard InChI is InChI=1S/C11H19N9O/c12-19-10-16-9(14-5-3-1-2-4-6-21)17-11(18-10)20-8-13-7-15-20/h7-8,21H,1-6,12H2,(H2,14,16,17,18,19). The first-order valence-electron chi connectivity index (χ1n) is 6.76. The molecule has 0 bridgehead atoms. The van der Waals surface area contributed by atoms with Crippen molar-refractivity contribution >= 4 is 11.9 Å². The van der Waals surface area contributed by atoms with Gasteiger partial charge in [-0.3, -0.25) is 5.43 Å². The van der Waals surface area contributed by atoms with Crippen LogP contribution in [0.5, 0.6) is 0 Å². The summed E-state index contributed by atoms with van der Waals surface area (Å²) >= 11 is 0. The van der Waals surface area contributed by atoms with E-state index in [1.54, 1.807) is 0 Å². The molecule has 21 heavy (non-hydrogen) atoms. The summed E-state index contributed by atoms with van der Waals surface area (Å²) in [4.78, 5) is 16.3. The number of nitrogens with two attached hydrogens (primary N) is 1. The van der Waals surface area contributed by atoms with Crippen molar-refractivity contribution in [1.29, 1.82) is 0 Å². The van der Waals surface area contributed by atoms with E-state index in [1.807, 2.05) is 0 Å². The van der Waals surface area contributed by atoms with Crippen molar-refractivity contribution in [1.82, 2.24) is 29.7 Å². The van der Waals surface area contributed by atoms with E-state index in [0.717, 1.165) is 32.2 Å². The van der Waals surface area contributed by atoms with E-state index in [9.17, 15) is 0 Å². The van der Waals surface area contributed by atoms with Crippen molar-refractivity contribution in [3.05, 3.63) is 12.7 Å². The number of aliphatic hydroxyl groups excluding tert-OH is 1. The number of nitrogen functional groups attached to an aromatic ring is 1. The van der Waals surface area contributed by atoms with Gasteiger partial charge in [0.05, 0.1) is 0 Å². The van der Waals surface area contributed by atoms with Crippen molar-refractivity contribution in [2.45, 2.75) is 25.7 Å². The summed E-state index contributed by atoms with van der Waals surface area (Å²) in [6, 6.07) is 0. The largest absolute Gasteiger partial charge is 0.396 e. The van der Waals surface area contributed by atoms with E-state index < -0.39 is 0 Å². The first-order valence-corrected chi connectivity index (χ1v) is 6.76. The smallest absolute Gasteiger partial charge is 0.258 e. The predicted molar refractivity (Wildman–Crippen MR) is 76.6 cm³/mol. The number of nitrogens with zero attached hydrogens (tertiary/aromatic N) is 6. The van der Waals surface area contributed by atoms with Crippen LogP contribution >= 0.6 is 0 Å². The molecule has 0 atom stereocenters. The fourth-order valence-electron chi connectivity index (χ4n) is 1.71. The maximum Gasteiger partial charge on any atom is 0.258 e. The average Bonchev–Trinajstić information content (AvgIpc) is 3.05. The highest BCUT2D eigenvalue weighted by Gasteiger charge is 2.07. The molecule has 2 aromatic heterocycles. The third kappa shape index (κ3) is 4.61. The minimum atomic E-state index is 0.244. The van der Waals surface area contributed by atoms with Gasteiger partial charge in [-0.2, -0.15) is 24.7 Å². The van der Waals surface area contributed by atoms with Crippen molar-refractivity contribution < 1.29 is 5.11 Å². The minimum Gasteiger partial charge on any atom is -0.396 e. The van der Waals surface area contributed by atoms with Gasteiger partial charge in [-0.15, -0.1) is 0 Å². The first-order chi connectivity index (χ1) is 10.3. The maximum atomic E-state index is 8.70. The number of anilines is 2. The number of hydrogen-bond acceptors (Lipinski definition) is 9. The lowest BCUT2D eigenvalue weighted by Gasteiger charge is -2.08. The Morgan fingerprint density at radius 3 is 2.62 bits per heavy atom. The van der Waals surface area contributed by atoms with E-state index in [-0.39, 0.29) is 12.6 Å². The Kier molecular flexibility index (Phi) is 5.79. The Morgan fingerprint density at radius 2 is 1.90 bits per heavy atom. The van der Waals surface area contributed by atoms with Gasteiger partial charge < -0.3 is 10.4 Å². The fourth-order valence-corrected chi connectivity index (χ4v) is 1.71. The Hall–Kier alpha value is -2.33. The lowest BCUT2D eigenvalue weighted by Crippen LogP contribution is -2.16. The van der Waals surface area contributed by atoms with Crippen LogP contribution in [0.4, 0.5) is 11.9 Å². The monoisotopic (exact) mass is 293 g/mol. The second kappa shape index (κ2) is 8.07. The van der Waals surface area contributed by atoms with Gasteiger partial charge in [0.2, 0.25) is 11.9 Å².